The van der Waals surface area contributed by atoms with Gasteiger partial charge in [0, 0.05) is 17.4 Å². The number of hydrogen-bond acceptors (Lipinski definition) is 9. The molecule has 1 aromatic carbocycles. The number of nitrogens with one attached hydrogen (secondary N) is 2. The van der Waals surface area contributed by atoms with E-state index >= 15 is 0 Å². The molecule has 1 atom stereocenters. The smallest absolute Gasteiger partial charge is 0.339 e. The lowest BCUT2D eigenvalue weighted by molar-refractivity contribution is 0.0599. The fourth-order valence-electron chi connectivity index (χ4n) is 2.94. The standard InChI is InChI=1S/C20H22N4O4S2/c1-10-15(18(26)28-5)11(2)21-16(10)17(25)12(3)29-20-24-23-19(30-20)22-13-7-6-8-14(9-13)27-4/h6-9,12,21H,1-5H3,(H,22,23). The van der Waals surface area contributed by atoms with Crippen LogP contribution in [0.25, 0.3) is 0 Å². The molecule has 0 fully saturated rings. The lowest BCUT2D eigenvalue weighted by Gasteiger charge is -2.07. The van der Waals surface area contributed by atoms with Gasteiger partial charge >= 0.3 is 5.97 Å². The van der Waals surface area contributed by atoms with Gasteiger partial charge in [-0.1, -0.05) is 29.2 Å². The summed E-state index contributed by atoms with van der Waals surface area (Å²) in [6, 6.07) is 7.49. The first kappa shape index (κ1) is 21.8. The molecule has 0 saturated carbocycles. The summed E-state index contributed by atoms with van der Waals surface area (Å²) < 4.78 is 10.7. The number of aryl methyl sites for hydroxylation is 1. The number of nitrogens with zero attached hydrogens (tertiary/aromatic N) is 2. The average molecular weight is 447 g/mol. The number of ketones is 1. The molecule has 1 unspecified atom stereocenters. The van der Waals surface area contributed by atoms with Crippen molar-refractivity contribution < 1.29 is 19.1 Å². The highest BCUT2D eigenvalue weighted by Crippen LogP contribution is 2.33. The van der Waals surface area contributed by atoms with Gasteiger partial charge in [-0.05, 0) is 38.5 Å². The average Bonchev–Trinajstić information content (AvgIpc) is 3.30. The summed E-state index contributed by atoms with van der Waals surface area (Å²) in [5, 5.41) is 11.7. The minimum Gasteiger partial charge on any atom is -0.497 e. The molecule has 0 aliphatic heterocycles. The molecule has 3 aromatic rings. The molecule has 2 aromatic heterocycles. The number of esters is 1. The van der Waals surface area contributed by atoms with Crippen LogP contribution in [0.15, 0.2) is 28.6 Å². The Kier molecular flexibility index (Phi) is 6.78. The second-order valence-corrected chi connectivity index (χ2v) is 9.04. The number of ether oxygens (including phenoxy) is 2. The van der Waals surface area contributed by atoms with Crippen LogP contribution in [0.1, 0.15) is 39.0 Å². The molecule has 2 heterocycles. The third-order valence-corrected chi connectivity index (χ3v) is 6.47. The molecule has 0 bridgehead atoms. The summed E-state index contributed by atoms with van der Waals surface area (Å²) in [5.74, 6) is 0.160. The fourth-order valence-corrected chi connectivity index (χ4v) is 4.92. The minimum absolute atomic E-state index is 0.117. The molecular formula is C20H22N4O4S2. The molecule has 0 radical (unpaired) electrons. The van der Waals surface area contributed by atoms with E-state index in [4.69, 9.17) is 9.47 Å². The van der Waals surface area contributed by atoms with Gasteiger partial charge in [0.05, 0.1) is 30.7 Å². The van der Waals surface area contributed by atoms with Gasteiger partial charge in [0.2, 0.25) is 5.13 Å². The lowest BCUT2D eigenvalue weighted by atomic mass is 10.1. The fraction of sp³-hybridized carbons (Fsp3) is 0.300. The largest absolute Gasteiger partial charge is 0.497 e. The Morgan fingerprint density at radius 2 is 2.00 bits per heavy atom. The van der Waals surface area contributed by atoms with Crippen molar-refractivity contribution in [3.63, 3.8) is 0 Å². The van der Waals surface area contributed by atoms with Crippen molar-refractivity contribution >= 4 is 45.7 Å². The molecule has 0 amide bonds. The highest BCUT2D eigenvalue weighted by molar-refractivity contribution is 8.02. The van der Waals surface area contributed by atoms with E-state index < -0.39 is 11.2 Å². The van der Waals surface area contributed by atoms with Gasteiger partial charge in [0.15, 0.2) is 10.1 Å². The number of hydrogen-bond donors (Lipinski definition) is 2. The van der Waals surface area contributed by atoms with Crippen LogP contribution in [0.5, 0.6) is 5.75 Å². The number of H-pyrrole nitrogens is 1. The first-order chi connectivity index (χ1) is 14.3. The quantitative estimate of drug-likeness (QED) is 0.298. The van der Waals surface area contributed by atoms with Crippen molar-refractivity contribution in [2.45, 2.75) is 30.4 Å². The third-order valence-electron chi connectivity index (χ3n) is 4.45. The Bertz CT molecular complexity index is 1080. The van der Waals surface area contributed by atoms with Crippen LogP contribution in [0, 0.1) is 13.8 Å². The van der Waals surface area contributed by atoms with Gasteiger partial charge in [-0.25, -0.2) is 4.79 Å². The van der Waals surface area contributed by atoms with E-state index in [1.807, 2.05) is 24.3 Å². The van der Waals surface area contributed by atoms with E-state index in [0.29, 0.717) is 32.0 Å². The number of carbonyl (C=O) groups is 2. The van der Waals surface area contributed by atoms with Crippen molar-refractivity contribution in [2.24, 2.45) is 0 Å². The molecule has 158 valence electrons. The van der Waals surface area contributed by atoms with E-state index in [0.717, 1.165) is 11.4 Å². The Morgan fingerprint density at radius 3 is 2.70 bits per heavy atom. The summed E-state index contributed by atoms with van der Waals surface area (Å²) in [6.07, 6.45) is 0. The van der Waals surface area contributed by atoms with Crippen molar-refractivity contribution in [3.8, 4) is 5.75 Å². The maximum atomic E-state index is 12.9. The molecule has 3 rings (SSSR count). The molecule has 0 aliphatic rings. The van der Waals surface area contributed by atoms with Gasteiger partial charge in [-0.3, -0.25) is 4.79 Å². The van der Waals surface area contributed by atoms with Gasteiger partial charge in [-0.2, -0.15) is 0 Å². The Balaban J connectivity index is 1.70. The van der Waals surface area contributed by atoms with Crippen LogP contribution in [0.3, 0.4) is 0 Å². The Labute approximate surface area is 182 Å². The maximum absolute atomic E-state index is 12.9. The number of aromatic nitrogens is 3. The van der Waals surface area contributed by atoms with Crippen LogP contribution in [0.4, 0.5) is 10.8 Å². The van der Waals surface area contributed by atoms with Gasteiger partial charge in [-0.15, -0.1) is 10.2 Å². The van der Waals surface area contributed by atoms with Crippen LogP contribution in [-0.2, 0) is 4.74 Å². The predicted octanol–water partition coefficient (Wildman–Crippen LogP) is 4.39. The van der Waals surface area contributed by atoms with Crippen LogP contribution in [-0.4, -0.2) is 46.4 Å². The zero-order valence-corrected chi connectivity index (χ0v) is 18.9. The van der Waals surface area contributed by atoms with E-state index in [2.05, 4.69) is 20.5 Å². The second-order valence-electron chi connectivity index (χ2n) is 6.47. The summed E-state index contributed by atoms with van der Waals surface area (Å²) >= 11 is 2.67. The predicted molar refractivity (Wildman–Crippen MR) is 117 cm³/mol. The lowest BCUT2D eigenvalue weighted by Crippen LogP contribution is -2.15. The molecule has 0 aliphatic carbocycles. The van der Waals surface area contributed by atoms with Crippen molar-refractivity contribution in [2.75, 3.05) is 19.5 Å². The first-order valence-electron chi connectivity index (χ1n) is 9.07. The number of thioether (sulfide) groups is 1. The first-order valence-corrected chi connectivity index (χ1v) is 10.8. The van der Waals surface area contributed by atoms with E-state index in [1.165, 1.54) is 30.2 Å². The number of aromatic amines is 1. The number of rotatable bonds is 8. The Hall–Kier alpha value is -2.85. The molecule has 10 heteroatoms. The maximum Gasteiger partial charge on any atom is 0.339 e. The van der Waals surface area contributed by atoms with Crippen molar-refractivity contribution in [1.29, 1.82) is 0 Å². The monoisotopic (exact) mass is 446 g/mol. The topological polar surface area (TPSA) is 106 Å². The summed E-state index contributed by atoms with van der Waals surface area (Å²) in [7, 11) is 2.93. The minimum atomic E-state index is -0.460. The number of anilines is 2. The normalized spacial score (nSPS) is 11.8. The van der Waals surface area contributed by atoms with Gasteiger partial charge in [0.25, 0.3) is 0 Å². The highest BCUT2D eigenvalue weighted by Gasteiger charge is 2.26. The van der Waals surface area contributed by atoms with Crippen LogP contribution >= 0.6 is 23.1 Å². The molecule has 30 heavy (non-hydrogen) atoms. The number of Topliss-reactive ketones (excluding diaryl/α,β-unsaturated/α-hetero) is 1. The zero-order valence-electron chi connectivity index (χ0n) is 17.2. The number of benzene rings is 1. The number of methoxy groups -OCH3 is 2. The third kappa shape index (κ3) is 4.65. The summed E-state index contributed by atoms with van der Waals surface area (Å²) in [5.41, 5.74) is 2.85. The van der Waals surface area contributed by atoms with E-state index in [-0.39, 0.29) is 5.78 Å². The SMILES string of the molecule is COC(=O)c1c(C)[nH]c(C(=O)C(C)Sc2nnc(Nc3cccc(OC)c3)s2)c1C. The molecular weight excluding hydrogens is 424 g/mol. The van der Waals surface area contributed by atoms with Gasteiger partial charge < -0.3 is 19.8 Å². The van der Waals surface area contributed by atoms with Crippen LogP contribution < -0.4 is 10.1 Å². The molecule has 0 saturated heterocycles. The molecule has 8 nitrogen and oxygen atoms in total. The zero-order chi connectivity index (χ0) is 21.8. The highest BCUT2D eigenvalue weighted by atomic mass is 32.2. The van der Waals surface area contributed by atoms with Crippen LogP contribution in [0.2, 0.25) is 0 Å². The van der Waals surface area contributed by atoms with E-state index in [9.17, 15) is 9.59 Å². The Morgan fingerprint density at radius 1 is 1.23 bits per heavy atom. The summed E-state index contributed by atoms with van der Waals surface area (Å²) in [6.45, 7) is 5.29. The van der Waals surface area contributed by atoms with Gasteiger partial charge in [0.1, 0.15) is 5.75 Å². The molecule has 0 spiro atoms. The second kappa shape index (κ2) is 9.31. The van der Waals surface area contributed by atoms with E-state index in [1.54, 1.807) is 27.9 Å². The van der Waals surface area contributed by atoms with Crippen molar-refractivity contribution in [3.05, 3.63) is 46.8 Å². The number of carbonyl (C=O) groups excluding carboxylic acids is 2. The summed E-state index contributed by atoms with van der Waals surface area (Å²) in [4.78, 5) is 27.9. The molecule has 2 N–H and O–H groups in total. The van der Waals surface area contributed by atoms with Crippen molar-refractivity contribution in [1.82, 2.24) is 15.2 Å².